The molecule has 0 aromatic rings. The van der Waals surface area contributed by atoms with Crippen molar-refractivity contribution in [2.45, 2.75) is 45.0 Å². The molecule has 0 spiro atoms. The van der Waals surface area contributed by atoms with Crippen LogP contribution in [0.1, 0.15) is 20.8 Å². The Balaban J connectivity index is 2.98. The Hall–Kier alpha value is -0.763. The highest BCUT2D eigenvalue weighted by Gasteiger charge is 2.39. The van der Waals surface area contributed by atoms with Gasteiger partial charge >= 0.3 is 6.03 Å². The van der Waals surface area contributed by atoms with Gasteiger partial charge in [0.2, 0.25) is 0 Å². The lowest BCUT2D eigenvalue weighted by molar-refractivity contribution is 0.109. The van der Waals surface area contributed by atoms with Crippen LogP contribution in [0, 0.1) is 0 Å². The first-order valence-corrected chi connectivity index (χ1v) is 11.1. The molecule has 134 valence electrons. The molecule has 0 fully saturated rings. The Labute approximate surface area is 146 Å². The summed E-state index contributed by atoms with van der Waals surface area (Å²) in [5.74, 6) is 0. The number of rotatable bonds is 2. The topological polar surface area (TPSA) is 48.0 Å². The van der Waals surface area contributed by atoms with Crippen molar-refractivity contribution in [3.05, 3.63) is 11.4 Å². The molecule has 1 atom stereocenters. The minimum atomic E-state index is -1.93. The van der Waals surface area contributed by atoms with Crippen molar-refractivity contribution in [2.24, 2.45) is 0 Å². The molecule has 0 bridgehead atoms. The number of halogens is 1. The molecule has 8 heteroatoms. The Kier molecular flexibility index (Phi) is 6.54. The predicted octanol–water partition coefficient (Wildman–Crippen LogP) is 2.85. The van der Waals surface area contributed by atoms with Gasteiger partial charge in [-0.05, 0) is 18.1 Å². The van der Waals surface area contributed by atoms with E-state index in [2.05, 4.69) is 39.3 Å². The summed E-state index contributed by atoms with van der Waals surface area (Å²) in [7, 11) is 3.38. The summed E-state index contributed by atoms with van der Waals surface area (Å²) in [6.07, 6.45) is 1.51. The summed E-state index contributed by atoms with van der Waals surface area (Å²) in [4.78, 5) is 15.5. The Morgan fingerprint density at radius 2 is 1.87 bits per heavy atom. The number of likely N-dealkylation sites (N-methyl/N-ethyl adjacent to an activating group) is 1. The van der Waals surface area contributed by atoms with E-state index in [1.165, 1.54) is 4.90 Å². The minimum Gasteiger partial charge on any atom is -0.411 e. The maximum atomic E-state index is 12.4. The molecule has 23 heavy (non-hydrogen) atoms. The number of nitrogens with one attached hydrogen (secondary N) is 1. The zero-order chi connectivity index (χ0) is 18.0. The minimum absolute atomic E-state index is 0.0942. The van der Waals surface area contributed by atoms with E-state index in [1.807, 2.05) is 7.05 Å². The predicted molar refractivity (Wildman–Crippen MR) is 97.6 cm³/mol. The van der Waals surface area contributed by atoms with Crippen LogP contribution < -0.4 is 5.43 Å². The van der Waals surface area contributed by atoms with Crippen LogP contribution >= 0.6 is 11.6 Å². The van der Waals surface area contributed by atoms with Gasteiger partial charge in [0, 0.05) is 40.4 Å². The SMILES string of the molecule is CN1/C=C(/Cl)N(C)NCC(O[Si](C)(C)C(C)(C)C)CN(C)C1=O. The van der Waals surface area contributed by atoms with E-state index in [9.17, 15) is 4.79 Å². The molecule has 1 aliphatic heterocycles. The average Bonchev–Trinajstić information content (AvgIpc) is 2.40. The van der Waals surface area contributed by atoms with E-state index >= 15 is 0 Å². The number of hydrogen-bond donors (Lipinski definition) is 1. The van der Waals surface area contributed by atoms with Crippen LogP contribution in [0.25, 0.3) is 0 Å². The molecule has 0 aromatic carbocycles. The number of urea groups is 1. The van der Waals surface area contributed by atoms with Gasteiger partial charge in [-0.15, -0.1) is 0 Å². The normalized spacial score (nSPS) is 24.6. The second-order valence-corrected chi connectivity index (χ2v) is 12.8. The lowest BCUT2D eigenvalue weighted by atomic mass is 10.2. The molecule has 1 aliphatic rings. The fourth-order valence-corrected chi connectivity index (χ4v) is 3.56. The van der Waals surface area contributed by atoms with E-state index in [0.29, 0.717) is 18.2 Å². The highest BCUT2D eigenvalue weighted by Crippen LogP contribution is 2.37. The number of carbonyl (C=O) groups excluding carboxylic acids is 1. The molecule has 0 saturated carbocycles. The van der Waals surface area contributed by atoms with Crippen molar-refractivity contribution in [3.8, 4) is 0 Å². The van der Waals surface area contributed by atoms with E-state index in [4.69, 9.17) is 16.0 Å². The molecule has 1 rings (SSSR count). The summed E-state index contributed by atoms with van der Waals surface area (Å²) in [5, 5.41) is 2.27. The quantitative estimate of drug-likeness (QED) is 0.606. The van der Waals surface area contributed by atoms with Crippen molar-refractivity contribution in [3.63, 3.8) is 0 Å². The van der Waals surface area contributed by atoms with Crippen LogP contribution in [0.4, 0.5) is 4.79 Å². The van der Waals surface area contributed by atoms with Crippen LogP contribution in [-0.4, -0.2) is 69.5 Å². The highest BCUT2D eigenvalue weighted by atomic mass is 35.5. The van der Waals surface area contributed by atoms with Crippen LogP contribution in [0.15, 0.2) is 11.4 Å². The summed E-state index contributed by atoms with van der Waals surface area (Å²) < 4.78 is 6.49. The number of hydrazine groups is 1. The zero-order valence-corrected chi connectivity index (χ0v) is 17.4. The maximum absolute atomic E-state index is 12.4. The molecule has 0 radical (unpaired) electrons. The molecule has 2 amide bonds. The number of nitrogens with zero attached hydrogens (tertiary/aromatic N) is 3. The molecule has 0 aliphatic carbocycles. The lowest BCUT2D eigenvalue weighted by Crippen LogP contribution is -2.53. The summed E-state index contributed by atoms with van der Waals surface area (Å²) in [5.41, 5.74) is 3.25. The van der Waals surface area contributed by atoms with Gasteiger partial charge in [-0.1, -0.05) is 32.4 Å². The van der Waals surface area contributed by atoms with E-state index in [0.717, 1.165) is 0 Å². The van der Waals surface area contributed by atoms with Crippen molar-refractivity contribution < 1.29 is 9.22 Å². The van der Waals surface area contributed by atoms with Gasteiger partial charge in [-0.3, -0.25) is 5.01 Å². The van der Waals surface area contributed by atoms with Gasteiger partial charge in [0.1, 0.15) is 5.16 Å². The van der Waals surface area contributed by atoms with E-state index < -0.39 is 8.32 Å². The Morgan fingerprint density at radius 1 is 1.30 bits per heavy atom. The third-order valence-corrected chi connectivity index (χ3v) is 9.44. The first-order chi connectivity index (χ1) is 10.3. The van der Waals surface area contributed by atoms with Crippen molar-refractivity contribution in [1.82, 2.24) is 20.2 Å². The highest BCUT2D eigenvalue weighted by molar-refractivity contribution is 6.74. The van der Waals surface area contributed by atoms with Crippen LogP contribution in [-0.2, 0) is 4.43 Å². The molecule has 0 saturated heterocycles. The summed E-state index contributed by atoms with van der Waals surface area (Å²) in [6.45, 7) is 12.2. The molecule has 6 nitrogen and oxygen atoms in total. The smallest absolute Gasteiger partial charge is 0.323 e. The number of amides is 2. The first kappa shape index (κ1) is 20.3. The van der Waals surface area contributed by atoms with Crippen LogP contribution in [0.3, 0.4) is 0 Å². The molecule has 1 N–H and O–H groups in total. The van der Waals surface area contributed by atoms with Crippen molar-refractivity contribution in [1.29, 1.82) is 0 Å². The molecular formula is C15H31ClN4O2Si. The van der Waals surface area contributed by atoms with Crippen LogP contribution in [0.2, 0.25) is 18.1 Å². The fourth-order valence-electron chi connectivity index (χ4n) is 2.01. The zero-order valence-electron chi connectivity index (χ0n) is 15.6. The lowest BCUT2D eigenvalue weighted by Gasteiger charge is -2.41. The van der Waals surface area contributed by atoms with Crippen LogP contribution in [0.5, 0.6) is 0 Å². The summed E-state index contributed by atoms with van der Waals surface area (Å²) >= 11 is 6.21. The van der Waals surface area contributed by atoms with Gasteiger partial charge in [0.15, 0.2) is 8.32 Å². The monoisotopic (exact) mass is 362 g/mol. The largest absolute Gasteiger partial charge is 0.411 e. The number of hydrogen-bond acceptors (Lipinski definition) is 4. The van der Waals surface area contributed by atoms with Crippen molar-refractivity contribution >= 4 is 25.9 Å². The standard InChI is InChI=1S/C15H31ClN4O2Si/c1-15(2,3)23(7,8)22-12-9-17-20(6)13(16)11-19(5)14(21)18(4)10-12/h11-12,17H,9-10H2,1-8H3/b13-11-. The number of carbonyl (C=O) groups is 1. The molecule has 1 unspecified atom stereocenters. The van der Waals surface area contributed by atoms with E-state index in [1.54, 1.807) is 30.2 Å². The van der Waals surface area contributed by atoms with Crippen molar-refractivity contribution in [2.75, 3.05) is 34.2 Å². The Bertz CT molecular complexity index is 465. The third kappa shape index (κ3) is 5.38. The molecule has 1 heterocycles. The Morgan fingerprint density at radius 3 is 2.39 bits per heavy atom. The second kappa shape index (κ2) is 7.42. The fraction of sp³-hybridized carbons (Fsp3) is 0.800. The summed E-state index contributed by atoms with van der Waals surface area (Å²) in [6, 6.07) is -0.109. The van der Waals surface area contributed by atoms with Gasteiger partial charge in [0.25, 0.3) is 0 Å². The molecule has 0 aromatic heterocycles. The average molecular weight is 363 g/mol. The molecular weight excluding hydrogens is 332 g/mol. The third-order valence-electron chi connectivity index (χ3n) is 4.55. The first-order valence-electron chi connectivity index (χ1n) is 7.85. The van der Waals surface area contributed by atoms with Gasteiger partial charge < -0.3 is 14.2 Å². The maximum Gasteiger partial charge on any atom is 0.323 e. The second-order valence-electron chi connectivity index (χ2n) is 7.65. The van der Waals surface area contributed by atoms with Gasteiger partial charge in [-0.25, -0.2) is 10.2 Å². The van der Waals surface area contributed by atoms with Gasteiger partial charge in [-0.2, -0.15) is 0 Å². The van der Waals surface area contributed by atoms with E-state index in [-0.39, 0.29) is 17.2 Å². The van der Waals surface area contributed by atoms with Gasteiger partial charge in [0.05, 0.1) is 6.10 Å².